The molecule has 0 aliphatic rings. The number of amides is 1. The van der Waals surface area contributed by atoms with Gasteiger partial charge in [-0.25, -0.2) is 4.98 Å². The quantitative estimate of drug-likeness (QED) is 0.792. The fourth-order valence-electron chi connectivity index (χ4n) is 2.08. The van der Waals surface area contributed by atoms with Gasteiger partial charge in [-0.2, -0.15) is 0 Å². The summed E-state index contributed by atoms with van der Waals surface area (Å²) >= 11 is 5.04. The average molecular weight is 367 g/mol. The van der Waals surface area contributed by atoms with Crippen LogP contribution in [-0.4, -0.2) is 29.4 Å². The van der Waals surface area contributed by atoms with Crippen molar-refractivity contribution in [1.29, 1.82) is 0 Å². The zero-order chi connectivity index (χ0) is 15.4. The molecular formula is C16H19BrN2OS. The Hall–Kier alpha value is -1.20. The molecule has 2 rings (SSSR count). The van der Waals surface area contributed by atoms with Crippen LogP contribution in [0.2, 0.25) is 0 Å². The summed E-state index contributed by atoms with van der Waals surface area (Å²) in [4.78, 5) is 18.5. The van der Waals surface area contributed by atoms with Crippen molar-refractivity contribution < 1.29 is 4.79 Å². The highest BCUT2D eigenvalue weighted by molar-refractivity contribution is 9.10. The molecule has 0 radical (unpaired) electrons. The molecule has 0 saturated carbocycles. The standard InChI is InChI=1S/C16H19BrN2OS/c1-11(2)9-19(3)15(20)8-14-10-21-16(18-14)12-5-4-6-13(17)7-12/h4-7,10-11H,8-9H2,1-3H3. The van der Waals surface area contributed by atoms with Gasteiger partial charge in [0.25, 0.3) is 0 Å². The van der Waals surface area contributed by atoms with Gasteiger partial charge in [0.15, 0.2) is 0 Å². The Bertz CT molecular complexity index is 624. The Morgan fingerprint density at radius 2 is 2.19 bits per heavy atom. The van der Waals surface area contributed by atoms with Gasteiger partial charge in [0.1, 0.15) is 5.01 Å². The SMILES string of the molecule is CC(C)CN(C)C(=O)Cc1csc(-c2cccc(Br)c2)n1. The average Bonchev–Trinajstić information content (AvgIpc) is 2.86. The van der Waals surface area contributed by atoms with E-state index in [0.717, 1.165) is 27.3 Å². The summed E-state index contributed by atoms with van der Waals surface area (Å²) in [6.07, 6.45) is 0.369. The number of carbonyl (C=O) groups is 1. The van der Waals surface area contributed by atoms with Gasteiger partial charge in [0, 0.05) is 29.0 Å². The lowest BCUT2D eigenvalue weighted by atomic mass is 10.2. The number of hydrogen-bond donors (Lipinski definition) is 0. The molecule has 0 fully saturated rings. The third-order valence-corrected chi connectivity index (χ3v) is 4.45. The van der Waals surface area contributed by atoms with Crippen LogP contribution in [0.25, 0.3) is 10.6 Å². The largest absolute Gasteiger partial charge is 0.345 e. The Morgan fingerprint density at radius 1 is 1.43 bits per heavy atom. The number of carbonyl (C=O) groups excluding carboxylic acids is 1. The predicted molar refractivity (Wildman–Crippen MR) is 91.4 cm³/mol. The number of halogens is 1. The summed E-state index contributed by atoms with van der Waals surface area (Å²) in [7, 11) is 1.85. The summed E-state index contributed by atoms with van der Waals surface area (Å²) in [5, 5.41) is 2.92. The summed E-state index contributed by atoms with van der Waals surface area (Å²) in [5.41, 5.74) is 1.92. The van der Waals surface area contributed by atoms with E-state index in [-0.39, 0.29) is 5.91 Å². The van der Waals surface area contributed by atoms with Gasteiger partial charge >= 0.3 is 0 Å². The molecule has 2 aromatic rings. The Kier molecular flexibility index (Phi) is 5.53. The molecule has 1 amide bonds. The van der Waals surface area contributed by atoms with E-state index in [9.17, 15) is 4.79 Å². The molecule has 1 aromatic carbocycles. The number of likely N-dealkylation sites (N-methyl/N-ethyl adjacent to an activating group) is 1. The van der Waals surface area contributed by atoms with Gasteiger partial charge in [0.05, 0.1) is 12.1 Å². The zero-order valence-corrected chi connectivity index (χ0v) is 14.9. The van der Waals surface area contributed by atoms with Crippen LogP contribution in [-0.2, 0) is 11.2 Å². The van der Waals surface area contributed by atoms with E-state index in [1.54, 1.807) is 16.2 Å². The van der Waals surface area contributed by atoms with Crippen LogP contribution in [0.5, 0.6) is 0 Å². The molecule has 0 saturated heterocycles. The second-order valence-electron chi connectivity index (χ2n) is 5.50. The highest BCUT2D eigenvalue weighted by Crippen LogP contribution is 2.26. The van der Waals surface area contributed by atoms with Gasteiger partial charge in [0.2, 0.25) is 5.91 Å². The minimum absolute atomic E-state index is 0.120. The van der Waals surface area contributed by atoms with Crippen molar-refractivity contribution in [2.45, 2.75) is 20.3 Å². The fourth-order valence-corrected chi connectivity index (χ4v) is 3.30. The maximum absolute atomic E-state index is 12.1. The summed E-state index contributed by atoms with van der Waals surface area (Å²) in [5.74, 6) is 0.599. The normalized spacial score (nSPS) is 10.9. The molecule has 5 heteroatoms. The molecule has 0 unspecified atom stereocenters. The zero-order valence-electron chi connectivity index (χ0n) is 12.5. The number of benzene rings is 1. The van der Waals surface area contributed by atoms with Crippen molar-refractivity contribution in [2.75, 3.05) is 13.6 Å². The first-order chi connectivity index (χ1) is 9.95. The van der Waals surface area contributed by atoms with Crippen LogP contribution >= 0.6 is 27.3 Å². The van der Waals surface area contributed by atoms with E-state index >= 15 is 0 Å². The first kappa shape index (κ1) is 16.2. The smallest absolute Gasteiger partial charge is 0.228 e. The van der Waals surface area contributed by atoms with E-state index in [1.165, 1.54) is 0 Å². The number of nitrogens with zero attached hydrogens (tertiary/aromatic N) is 2. The Morgan fingerprint density at radius 3 is 2.86 bits per heavy atom. The van der Waals surface area contributed by atoms with Crippen molar-refractivity contribution in [3.63, 3.8) is 0 Å². The molecule has 112 valence electrons. The lowest BCUT2D eigenvalue weighted by molar-refractivity contribution is -0.129. The van der Waals surface area contributed by atoms with Gasteiger partial charge in [-0.3, -0.25) is 4.79 Å². The molecule has 1 heterocycles. The van der Waals surface area contributed by atoms with Gasteiger partial charge in [-0.05, 0) is 18.1 Å². The second-order valence-corrected chi connectivity index (χ2v) is 7.27. The number of aromatic nitrogens is 1. The van der Waals surface area contributed by atoms with E-state index in [0.29, 0.717) is 12.3 Å². The topological polar surface area (TPSA) is 33.2 Å². The van der Waals surface area contributed by atoms with Gasteiger partial charge < -0.3 is 4.90 Å². The lowest BCUT2D eigenvalue weighted by Gasteiger charge is -2.18. The van der Waals surface area contributed by atoms with E-state index in [1.807, 2.05) is 36.7 Å². The van der Waals surface area contributed by atoms with Crippen molar-refractivity contribution >= 4 is 33.2 Å². The first-order valence-corrected chi connectivity index (χ1v) is 8.57. The summed E-state index contributed by atoms with van der Waals surface area (Å²) in [6, 6.07) is 8.04. The molecule has 0 bridgehead atoms. The van der Waals surface area contributed by atoms with Crippen LogP contribution in [0.1, 0.15) is 19.5 Å². The predicted octanol–water partition coefficient (Wildman–Crippen LogP) is 4.23. The molecule has 21 heavy (non-hydrogen) atoms. The van der Waals surface area contributed by atoms with Crippen molar-refractivity contribution in [3.05, 3.63) is 39.8 Å². The summed E-state index contributed by atoms with van der Waals surface area (Å²) in [6.45, 7) is 5.00. The number of rotatable bonds is 5. The third kappa shape index (κ3) is 4.64. The molecule has 0 aliphatic heterocycles. The minimum Gasteiger partial charge on any atom is -0.345 e. The molecular weight excluding hydrogens is 348 g/mol. The molecule has 1 aromatic heterocycles. The van der Waals surface area contributed by atoms with Crippen molar-refractivity contribution in [2.24, 2.45) is 5.92 Å². The van der Waals surface area contributed by atoms with Crippen LogP contribution in [0.15, 0.2) is 34.1 Å². The maximum atomic E-state index is 12.1. The monoisotopic (exact) mass is 366 g/mol. The van der Waals surface area contributed by atoms with E-state index in [4.69, 9.17) is 0 Å². The van der Waals surface area contributed by atoms with Gasteiger partial charge in [-0.1, -0.05) is 41.9 Å². The van der Waals surface area contributed by atoms with Gasteiger partial charge in [-0.15, -0.1) is 11.3 Å². The molecule has 3 nitrogen and oxygen atoms in total. The Labute approximate surface area is 138 Å². The molecule has 0 atom stereocenters. The fraction of sp³-hybridized carbons (Fsp3) is 0.375. The lowest BCUT2D eigenvalue weighted by Crippen LogP contribution is -2.31. The van der Waals surface area contributed by atoms with E-state index < -0.39 is 0 Å². The van der Waals surface area contributed by atoms with Crippen molar-refractivity contribution in [1.82, 2.24) is 9.88 Å². The minimum atomic E-state index is 0.120. The van der Waals surface area contributed by atoms with Crippen LogP contribution < -0.4 is 0 Å². The Balaban J connectivity index is 2.05. The summed E-state index contributed by atoms with van der Waals surface area (Å²) < 4.78 is 1.03. The molecule has 0 spiro atoms. The van der Waals surface area contributed by atoms with Crippen LogP contribution in [0, 0.1) is 5.92 Å². The molecule has 0 N–H and O–H groups in total. The second kappa shape index (κ2) is 7.18. The van der Waals surface area contributed by atoms with Crippen LogP contribution in [0.4, 0.5) is 0 Å². The highest BCUT2D eigenvalue weighted by atomic mass is 79.9. The highest BCUT2D eigenvalue weighted by Gasteiger charge is 2.13. The number of hydrogen-bond acceptors (Lipinski definition) is 3. The van der Waals surface area contributed by atoms with Crippen molar-refractivity contribution in [3.8, 4) is 10.6 Å². The van der Waals surface area contributed by atoms with E-state index in [2.05, 4.69) is 34.8 Å². The maximum Gasteiger partial charge on any atom is 0.228 e. The van der Waals surface area contributed by atoms with Crippen LogP contribution in [0.3, 0.4) is 0 Å². The first-order valence-electron chi connectivity index (χ1n) is 6.90. The molecule has 0 aliphatic carbocycles. The number of thiazole rings is 1. The third-order valence-electron chi connectivity index (χ3n) is 3.02.